The topological polar surface area (TPSA) is 717 Å². The maximum absolute atomic E-state index is 13.8. The van der Waals surface area contributed by atoms with Gasteiger partial charge in [-0.25, -0.2) is 28.8 Å². The molecule has 9 unspecified atom stereocenters. The number of carbonyl (C=O) groups excluding carboxylic acids is 9. The molecule has 55 heteroatoms. The fourth-order valence-corrected chi connectivity index (χ4v) is 14.5. The van der Waals surface area contributed by atoms with Crippen LogP contribution in [0.2, 0.25) is 0 Å². The fourth-order valence-electron chi connectivity index (χ4n) is 13.9. The van der Waals surface area contributed by atoms with Gasteiger partial charge in [0.2, 0.25) is 38.1 Å². The number of alkyl carbamates (subject to hydrolysis) is 3. The van der Waals surface area contributed by atoms with Gasteiger partial charge in [-0.15, -0.1) is 60.7 Å². The van der Waals surface area contributed by atoms with Crippen molar-refractivity contribution in [3.63, 3.8) is 0 Å². The molecular formula is C80H115N15O39S. The Labute approximate surface area is 775 Å². The van der Waals surface area contributed by atoms with Crippen LogP contribution < -0.4 is 31.9 Å². The smallest absolute Gasteiger partial charge is 0.409 e. The minimum absolute atomic E-state index is 0.00567. The molecule has 3 aromatic rings. The molecule has 0 spiro atoms. The summed E-state index contributed by atoms with van der Waals surface area (Å²) in [6.07, 6.45) is 5.30. The highest BCUT2D eigenvalue weighted by atomic mass is 32.2. The fraction of sp³-hybridized carbons (Fsp3) is 0.625. The first-order valence-electron chi connectivity index (χ1n) is 43.2. The van der Waals surface area contributed by atoms with Gasteiger partial charge in [0.25, 0.3) is 30.5 Å². The minimum atomic E-state index is -1.14. The minimum Gasteiger partial charge on any atom is -0.480 e. The van der Waals surface area contributed by atoms with E-state index >= 15 is 0 Å². The molecule has 3 aromatic carbocycles. The molecule has 0 aromatic heterocycles. The maximum Gasteiger partial charge on any atom is 0.409 e. The van der Waals surface area contributed by atoms with Crippen molar-refractivity contribution in [3.8, 4) is 0 Å². The van der Waals surface area contributed by atoms with E-state index in [2.05, 4.69) is 75.1 Å². The Morgan fingerprint density at radius 2 is 0.607 bits per heavy atom. The number of rotatable bonds is 66. The number of esters is 3. The molecule has 0 aliphatic carbocycles. The van der Waals surface area contributed by atoms with Crippen LogP contribution in [-0.2, 0) is 120 Å². The highest BCUT2D eigenvalue weighted by Crippen LogP contribution is 2.26. The van der Waals surface area contributed by atoms with Crippen LogP contribution in [0.15, 0.2) is 91.0 Å². The van der Waals surface area contributed by atoms with E-state index in [9.17, 15) is 134 Å². The monoisotopic (exact) mass is 1940 g/mol. The molecule has 750 valence electrons. The molecule has 3 aliphatic heterocycles. The first-order chi connectivity index (χ1) is 64.7. The summed E-state index contributed by atoms with van der Waals surface area (Å²) in [7, 11) is 0. The van der Waals surface area contributed by atoms with E-state index in [4.69, 9.17) is 14.2 Å². The van der Waals surface area contributed by atoms with Gasteiger partial charge in [0.1, 0.15) is 49.5 Å². The number of nitrogens with zero attached hydrogens (tertiary/aromatic N) is 9. The van der Waals surface area contributed by atoms with Gasteiger partial charge in [-0.1, -0.05) is 91.0 Å². The zero-order valence-corrected chi connectivity index (χ0v) is 74.6. The summed E-state index contributed by atoms with van der Waals surface area (Å²) in [5.74, 6) is -5.94. The number of unbranched alkanes of at least 4 members (excludes halogenated alkanes) is 4. The average molecular weight is 1940 g/mol. The van der Waals surface area contributed by atoms with Crippen molar-refractivity contribution in [3.05, 3.63) is 168 Å². The Balaban J connectivity index is 0.000000423. The standard InChI is InChI=1S/C27H39N5O13S.C27H39N5O13.C26H37N5O13/c33-24(30-14-6-10-23(30)26(36)42-15-17-46-18-16-44-31(38)39)21(9-4-5-13-28-27(37)43-19-45-32(40)41)29-22(25(34)35)12-11-20-7-2-1-3-8-20;33-24(30-16-8-12-23(30)26(36)42-17-6-7-18-44-31(38)39)21(11-4-5-15-28-27(37)43-19-45-32(40)41)29-22(25(34)35)14-13-20-9-2-1-3-10-20;32-23(29-15-6-11-22(29)25(35)41-16-7-17-43-30(37)38)20(10-4-5-14-27-26(36)42-18-44-31(39)40)28-21(24(33)34)13-12-19-8-2-1-3-9-19/h1-3,7-8,21-23,29H,4-6,9-19H2,(H,28,37)(H,34,35);1-3,9-10,21-23,29H,4-8,11-19H2,(H,28,37)(H,34,35);1-3,8-9,20-22,28H,4-7,10-18H2,(H,27,36)(H,33,34). The number of hydrogen-bond donors (Lipinski definition) is 9. The summed E-state index contributed by atoms with van der Waals surface area (Å²) in [6.45, 7) is -2.04. The number of aryl methyl sites for hydroxylation is 3. The van der Waals surface area contributed by atoms with Gasteiger partial charge in [-0.3, -0.25) is 59.2 Å². The van der Waals surface area contributed by atoms with E-state index in [0.29, 0.717) is 121 Å². The van der Waals surface area contributed by atoms with Crippen molar-refractivity contribution >= 4 is 83.6 Å². The third-order valence-electron chi connectivity index (χ3n) is 20.3. The summed E-state index contributed by atoms with van der Waals surface area (Å²) in [5, 5.41) is 101. The number of aliphatic carboxylic acids is 3. The zero-order chi connectivity index (χ0) is 99.1. The lowest BCUT2D eigenvalue weighted by Gasteiger charge is -2.30. The molecule has 3 aliphatic rings. The summed E-state index contributed by atoms with van der Waals surface area (Å²) < 4.78 is 29.3. The molecule has 6 rings (SSSR count). The third kappa shape index (κ3) is 49.4. The van der Waals surface area contributed by atoms with Crippen molar-refractivity contribution in [2.75, 3.05) is 111 Å². The molecule has 3 fully saturated rings. The number of carboxylic acid groups (broad SMARTS) is 3. The quantitative estimate of drug-likeness (QED) is 0.00943. The molecule has 3 heterocycles. The van der Waals surface area contributed by atoms with Crippen LogP contribution in [-0.4, -0.2) is 298 Å². The Kier molecular flexibility index (Phi) is 55.9. The summed E-state index contributed by atoms with van der Waals surface area (Å²) >= 11 is 1.30. The van der Waals surface area contributed by atoms with Crippen LogP contribution in [0.25, 0.3) is 0 Å². The number of hydrogen-bond acceptors (Lipinski definition) is 40. The van der Waals surface area contributed by atoms with E-state index in [1.54, 1.807) is 0 Å². The SMILES string of the molecule is O=C(NCCCCC(NC(CCc1ccccc1)C(=O)O)C(=O)N1CCCC1C(=O)OCCCCO[N+](=O)[O-])OCO[N+](=O)[O-].O=C(NCCCCC(NC(CCc1ccccc1)C(=O)O)C(=O)N1CCCC1C(=O)OCCCO[N+](=O)[O-])OCO[N+](=O)[O-].O=C(NCCCCC(NC(CCc1ccccc1)C(=O)O)C(=O)N1CCCC1C(=O)OCCSCCO[N+](=O)[O-])OCO[N+](=O)[O-]. The molecule has 9 atom stereocenters. The predicted octanol–water partition coefficient (Wildman–Crippen LogP) is 4.41. The van der Waals surface area contributed by atoms with Gasteiger partial charge < -0.3 is 88.9 Å². The number of ether oxygens (including phenoxy) is 6. The number of amides is 6. The second-order valence-corrected chi connectivity index (χ2v) is 31.0. The van der Waals surface area contributed by atoms with Crippen LogP contribution in [0.4, 0.5) is 14.4 Å². The van der Waals surface area contributed by atoms with Gasteiger partial charge in [0.15, 0.2) is 0 Å². The molecule has 3 saturated heterocycles. The van der Waals surface area contributed by atoms with Crippen LogP contribution >= 0.6 is 11.8 Å². The number of likely N-dealkylation sites (tertiary alicyclic amines) is 3. The van der Waals surface area contributed by atoms with Gasteiger partial charge in [-0.05, 0) is 164 Å². The van der Waals surface area contributed by atoms with Crippen molar-refractivity contribution < 1.29 is 161 Å². The third-order valence-corrected chi connectivity index (χ3v) is 21.2. The summed E-state index contributed by atoms with van der Waals surface area (Å²) in [5.41, 5.74) is 2.80. The molecule has 54 nitrogen and oxygen atoms in total. The Morgan fingerprint density at radius 1 is 0.333 bits per heavy atom. The van der Waals surface area contributed by atoms with Crippen molar-refractivity contribution in [2.45, 2.75) is 208 Å². The molecular weight excluding hydrogens is 1830 g/mol. The highest BCUT2D eigenvalue weighted by Gasteiger charge is 2.43. The second kappa shape index (κ2) is 66.5. The average Bonchev–Trinajstić information content (AvgIpc) is 1.72. The largest absolute Gasteiger partial charge is 0.480 e. The van der Waals surface area contributed by atoms with Crippen molar-refractivity contribution in [1.82, 2.24) is 46.6 Å². The van der Waals surface area contributed by atoms with Gasteiger partial charge in [0, 0.05) is 57.2 Å². The number of benzene rings is 3. The van der Waals surface area contributed by atoms with E-state index in [1.165, 1.54) is 26.5 Å². The van der Waals surface area contributed by atoms with Gasteiger partial charge in [0.05, 0.1) is 44.6 Å². The molecule has 0 saturated carbocycles. The molecule has 9 N–H and O–H groups in total. The van der Waals surface area contributed by atoms with E-state index in [1.807, 2.05) is 91.0 Å². The maximum atomic E-state index is 13.8. The summed E-state index contributed by atoms with van der Waals surface area (Å²) in [6, 6.07) is 19.2. The van der Waals surface area contributed by atoms with Crippen molar-refractivity contribution in [1.29, 1.82) is 0 Å². The number of nitrogens with one attached hydrogen (secondary N) is 6. The molecule has 0 radical (unpaired) electrons. The lowest BCUT2D eigenvalue weighted by atomic mass is 10.0. The van der Waals surface area contributed by atoms with E-state index in [-0.39, 0.29) is 124 Å². The first-order valence-corrected chi connectivity index (χ1v) is 44.3. The second-order valence-electron chi connectivity index (χ2n) is 29.8. The first kappa shape index (κ1) is 113. The van der Waals surface area contributed by atoms with Crippen LogP contribution in [0, 0.1) is 60.7 Å². The number of carbonyl (C=O) groups is 12. The lowest BCUT2D eigenvalue weighted by molar-refractivity contribution is -0.765. The highest BCUT2D eigenvalue weighted by molar-refractivity contribution is 7.99. The van der Waals surface area contributed by atoms with Crippen LogP contribution in [0.5, 0.6) is 0 Å². The Morgan fingerprint density at radius 3 is 0.911 bits per heavy atom. The Bertz CT molecular complexity index is 4200. The van der Waals surface area contributed by atoms with Gasteiger partial charge >= 0.3 is 54.1 Å². The molecule has 6 amide bonds. The van der Waals surface area contributed by atoms with E-state index in [0.717, 1.165) is 16.7 Å². The Hall–Kier alpha value is -13.9. The zero-order valence-electron chi connectivity index (χ0n) is 73.8. The number of carboxylic acids is 3. The molecule has 135 heavy (non-hydrogen) atoms. The summed E-state index contributed by atoms with van der Waals surface area (Å²) in [4.78, 5) is 241. The molecule has 0 bridgehead atoms. The van der Waals surface area contributed by atoms with E-state index < -0.39 is 177 Å². The van der Waals surface area contributed by atoms with Gasteiger partial charge in [-0.2, -0.15) is 11.8 Å². The lowest BCUT2D eigenvalue weighted by Crippen LogP contribution is -2.54. The van der Waals surface area contributed by atoms with Crippen LogP contribution in [0.1, 0.15) is 152 Å². The predicted molar refractivity (Wildman–Crippen MR) is 460 cm³/mol. The van der Waals surface area contributed by atoms with Crippen molar-refractivity contribution in [2.24, 2.45) is 0 Å². The normalized spacial score (nSPS) is 15.4. The number of thioether (sulfide) groups is 1. The van der Waals surface area contributed by atoms with Crippen LogP contribution in [0.3, 0.4) is 0 Å².